The first kappa shape index (κ1) is 19.4. The minimum Gasteiger partial charge on any atom is -0.467 e. The summed E-state index contributed by atoms with van der Waals surface area (Å²) in [5, 5.41) is 15.0. The van der Waals surface area contributed by atoms with E-state index in [9.17, 15) is 14.7 Å². The molecule has 130 valence electrons. The topological polar surface area (TPSA) is 91.8 Å². The molecule has 0 bridgehead atoms. The average molecular weight is 343 g/mol. The molecular formula is C15H25N3O4S. The summed E-state index contributed by atoms with van der Waals surface area (Å²) in [7, 11) is 2.91. The Bertz CT molecular complexity index is 551. The molecule has 0 saturated carbocycles. The van der Waals surface area contributed by atoms with Crippen LogP contribution in [0, 0.1) is 5.92 Å². The quantitative estimate of drug-likeness (QED) is 0.767. The standard InChI is InChI=1S/C15H25N3O4S/c1-9(2)11(12(19)22-6)17-14(20)18(5)7-10-8-23-13(16-10)15(3,4)21/h8-9,11,21H,7H2,1-6H3,(H,17,20)/t11-/m0/s1. The molecule has 0 saturated heterocycles. The number of nitrogens with one attached hydrogen (secondary N) is 1. The number of aliphatic hydroxyl groups is 1. The van der Waals surface area contributed by atoms with Gasteiger partial charge in [0.15, 0.2) is 0 Å². The van der Waals surface area contributed by atoms with E-state index < -0.39 is 17.6 Å². The Morgan fingerprint density at radius 2 is 2.09 bits per heavy atom. The third-order valence-corrected chi connectivity index (χ3v) is 4.43. The molecule has 1 atom stereocenters. The highest BCUT2D eigenvalue weighted by atomic mass is 32.1. The van der Waals surface area contributed by atoms with Crippen molar-refractivity contribution in [2.45, 2.75) is 45.9 Å². The van der Waals surface area contributed by atoms with Gasteiger partial charge in [-0.15, -0.1) is 11.3 Å². The fourth-order valence-corrected chi connectivity index (χ4v) is 2.68. The van der Waals surface area contributed by atoms with E-state index in [1.807, 2.05) is 13.8 Å². The van der Waals surface area contributed by atoms with Gasteiger partial charge in [0.25, 0.3) is 0 Å². The normalized spacial score (nSPS) is 12.9. The summed E-state index contributed by atoms with van der Waals surface area (Å²) in [5.74, 6) is -0.555. The van der Waals surface area contributed by atoms with E-state index in [1.54, 1.807) is 26.3 Å². The molecule has 0 spiro atoms. The first-order valence-corrected chi connectivity index (χ1v) is 8.21. The van der Waals surface area contributed by atoms with Crippen molar-refractivity contribution in [3.63, 3.8) is 0 Å². The number of ether oxygens (including phenoxy) is 1. The van der Waals surface area contributed by atoms with Crippen molar-refractivity contribution in [3.8, 4) is 0 Å². The lowest BCUT2D eigenvalue weighted by Gasteiger charge is -2.24. The zero-order valence-electron chi connectivity index (χ0n) is 14.4. The van der Waals surface area contributed by atoms with E-state index >= 15 is 0 Å². The Labute approximate surface area is 140 Å². The molecule has 23 heavy (non-hydrogen) atoms. The van der Waals surface area contributed by atoms with Crippen molar-refractivity contribution >= 4 is 23.3 Å². The molecule has 0 unspecified atom stereocenters. The summed E-state index contributed by atoms with van der Waals surface area (Å²) in [4.78, 5) is 29.7. The zero-order chi connectivity index (χ0) is 17.8. The van der Waals surface area contributed by atoms with Crippen LogP contribution in [0.5, 0.6) is 0 Å². The van der Waals surface area contributed by atoms with Crippen molar-refractivity contribution in [1.29, 1.82) is 0 Å². The molecular weight excluding hydrogens is 318 g/mol. The van der Waals surface area contributed by atoms with E-state index in [1.165, 1.54) is 23.3 Å². The number of urea groups is 1. The van der Waals surface area contributed by atoms with Gasteiger partial charge in [-0.1, -0.05) is 13.8 Å². The number of hydrogen-bond acceptors (Lipinski definition) is 6. The monoisotopic (exact) mass is 343 g/mol. The summed E-state index contributed by atoms with van der Waals surface area (Å²) in [6, 6.07) is -1.08. The minimum absolute atomic E-state index is 0.0825. The molecule has 0 fully saturated rings. The van der Waals surface area contributed by atoms with Crippen LogP contribution in [0.3, 0.4) is 0 Å². The molecule has 8 heteroatoms. The van der Waals surface area contributed by atoms with Crippen molar-refractivity contribution in [2.24, 2.45) is 5.92 Å². The zero-order valence-corrected chi connectivity index (χ0v) is 15.2. The number of hydrogen-bond donors (Lipinski definition) is 2. The van der Waals surface area contributed by atoms with Gasteiger partial charge in [-0.25, -0.2) is 14.6 Å². The summed E-state index contributed by atoms with van der Waals surface area (Å²) >= 11 is 1.34. The molecule has 0 radical (unpaired) electrons. The van der Waals surface area contributed by atoms with E-state index in [4.69, 9.17) is 4.74 Å². The third-order valence-electron chi connectivity index (χ3n) is 3.22. The van der Waals surface area contributed by atoms with Crippen molar-refractivity contribution in [2.75, 3.05) is 14.2 Å². The number of nitrogens with zero attached hydrogens (tertiary/aromatic N) is 2. The Balaban J connectivity index is 2.70. The predicted octanol–water partition coefficient (Wildman–Crippen LogP) is 1.71. The highest BCUT2D eigenvalue weighted by Crippen LogP contribution is 2.23. The molecule has 2 amide bonds. The van der Waals surface area contributed by atoms with Gasteiger partial charge in [0, 0.05) is 12.4 Å². The number of esters is 1. The number of methoxy groups -OCH3 is 1. The van der Waals surface area contributed by atoms with E-state index in [2.05, 4.69) is 10.3 Å². The Hall–Kier alpha value is -1.67. The van der Waals surface area contributed by atoms with Gasteiger partial charge in [0.1, 0.15) is 16.7 Å². The lowest BCUT2D eigenvalue weighted by molar-refractivity contribution is -0.144. The van der Waals surface area contributed by atoms with Gasteiger partial charge in [-0.05, 0) is 19.8 Å². The van der Waals surface area contributed by atoms with Crippen LogP contribution in [0.2, 0.25) is 0 Å². The second kappa shape index (κ2) is 7.74. The van der Waals surface area contributed by atoms with Gasteiger partial charge >= 0.3 is 12.0 Å². The lowest BCUT2D eigenvalue weighted by Crippen LogP contribution is -2.49. The van der Waals surface area contributed by atoms with Crippen LogP contribution in [0.25, 0.3) is 0 Å². The highest BCUT2D eigenvalue weighted by Gasteiger charge is 2.26. The van der Waals surface area contributed by atoms with Crippen LogP contribution in [0.1, 0.15) is 38.4 Å². The van der Waals surface area contributed by atoms with E-state index in [0.29, 0.717) is 10.7 Å². The number of thiazole rings is 1. The number of rotatable bonds is 6. The lowest BCUT2D eigenvalue weighted by atomic mass is 10.1. The van der Waals surface area contributed by atoms with Crippen LogP contribution < -0.4 is 5.32 Å². The molecule has 1 rings (SSSR count). The molecule has 1 aromatic rings. The Morgan fingerprint density at radius 1 is 1.48 bits per heavy atom. The minimum atomic E-state index is -1.00. The van der Waals surface area contributed by atoms with Gasteiger partial charge in [0.05, 0.1) is 19.3 Å². The average Bonchev–Trinajstić information content (AvgIpc) is 2.91. The Morgan fingerprint density at radius 3 is 2.52 bits per heavy atom. The maximum absolute atomic E-state index is 12.2. The SMILES string of the molecule is COC(=O)[C@@H](NC(=O)N(C)Cc1csc(C(C)(C)O)n1)C(C)C. The molecule has 0 aliphatic rings. The third kappa shape index (κ3) is 5.47. The number of amides is 2. The second-order valence-corrected chi connectivity index (χ2v) is 7.11. The molecule has 2 N–H and O–H groups in total. The van der Waals surface area contributed by atoms with E-state index in [-0.39, 0.29) is 18.5 Å². The largest absolute Gasteiger partial charge is 0.467 e. The molecule has 7 nitrogen and oxygen atoms in total. The fourth-order valence-electron chi connectivity index (χ4n) is 1.84. The Kier molecular flexibility index (Phi) is 6.52. The van der Waals surface area contributed by atoms with Crippen molar-refractivity contribution in [3.05, 3.63) is 16.1 Å². The number of carbonyl (C=O) groups is 2. The van der Waals surface area contributed by atoms with E-state index in [0.717, 1.165) is 0 Å². The van der Waals surface area contributed by atoms with Crippen LogP contribution in [0.15, 0.2) is 5.38 Å². The second-order valence-electron chi connectivity index (χ2n) is 6.25. The van der Waals surface area contributed by atoms with Crippen molar-refractivity contribution in [1.82, 2.24) is 15.2 Å². The van der Waals surface area contributed by atoms with Crippen LogP contribution in [0.4, 0.5) is 4.79 Å². The smallest absolute Gasteiger partial charge is 0.328 e. The molecule has 1 aromatic heterocycles. The van der Waals surface area contributed by atoms with Crippen molar-refractivity contribution < 1.29 is 19.4 Å². The molecule has 1 heterocycles. The molecule has 0 aromatic carbocycles. The van der Waals surface area contributed by atoms with Crippen LogP contribution >= 0.6 is 11.3 Å². The first-order chi connectivity index (χ1) is 10.6. The van der Waals surface area contributed by atoms with Crippen LogP contribution in [-0.2, 0) is 21.7 Å². The number of aromatic nitrogens is 1. The maximum atomic E-state index is 12.2. The first-order valence-electron chi connectivity index (χ1n) is 7.33. The highest BCUT2D eigenvalue weighted by molar-refractivity contribution is 7.09. The molecule has 0 aliphatic carbocycles. The summed E-state index contributed by atoms with van der Waals surface area (Å²) in [6.07, 6.45) is 0. The predicted molar refractivity (Wildman–Crippen MR) is 88.0 cm³/mol. The van der Waals surface area contributed by atoms with Gasteiger partial charge in [-0.2, -0.15) is 0 Å². The summed E-state index contributed by atoms with van der Waals surface area (Å²) in [5.41, 5.74) is -0.318. The summed E-state index contributed by atoms with van der Waals surface area (Å²) < 4.78 is 4.70. The van der Waals surface area contributed by atoms with Crippen LogP contribution in [-0.4, -0.2) is 47.2 Å². The number of carbonyl (C=O) groups excluding carboxylic acids is 2. The summed E-state index contributed by atoms with van der Waals surface area (Å²) in [6.45, 7) is 7.27. The fraction of sp³-hybridized carbons (Fsp3) is 0.667. The van der Waals surface area contributed by atoms with Gasteiger partial charge < -0.3 is 20.1 Å². The van der Waals surface area contributed by atoms with Gasteiger partial charge in [0.2, 0.25) is 0 Å². The molecule has 0 aliphatic heterocycles. The van der Waals surface area contributed by atoms with Gasteiger partial charge in [-0.3, -0.25) is 0 Å². The maximum Gasteiger partial charge on any atom is 0.328 e.